The molecule has 1 heterocycles. The molecule has 1 aliphatic carbocycles. The van der Waals surface area contributed by atoms with Gasteiger partial charge in [0.25, 0.3) is 0 Å². The maximum absolute atomic E-state index is 13.5. The Morgan fingerprint density at radius 3 is 2.45 bits per heavy atom. The molecule has 1 saturated carbocycles. The Morgan fingerprint density at radius 2 is 1.85 bits per heavy atom. The van der Waals surface area contributed by atoms with Gasteiger partial charge in [-0.15, -0.1) is 0 Å². The number of aliphatic hydroxyl groups excluding tert-OH is 1. The molecule has 20 heavy (non-hydrogen) atoms. The van der Waals surface area contributed by atoms with Gasteiger partial charge in [-0.25, -0.2) is 4.39 Å². The third kappa shape index (κ3) is 2.69. The zero-order valence-electron chi connectivity index (χ0n) is 12.0. The van der Waals surface area contributed by atoms with Gasteiger partial charge in [0, 0.05) is 18.8 Å². The van der Waals surface area contributed by atoms with E-state index in [0.717, 1.165) is 31.8 Å². The Kier molecular flexibility index (Phi) is 4.25. The average molecular weight is 277 g/mol. The van der Waals surface area contributed by atoms with Crippen molar-refractivity contribution in [3.8, 4) is 0 Å². The van der Waals surface area contributed by atoms with Crippen LogP contribution in [-0.2, 0) is 0 Å². The van der Waals surface area contributed by atoms with Gasteiger partial charge in [0.1, 0.15) is 6.17 Å². The van der Waals surface area contributed by atoms with Crippen molar-refractivity contribution in [2.75, 3.05) is 24.6 Å². The highest BCUT2D eigenvalue weighted by Crippen LogP contribution is 2.41. The minimum atomic E-state index is -1.04. The lowest BCUT2D eigenvalue weighted by molar-refractivity contribution is 0.112. The van der Waals surface area contributed by atoms with Crippen LogP contribution in [0.2, 0.25) is 0 Å². The maximum Gasteiger partial charge on any atom is 0.126 e. The number of hydrogen-bond acceptors (Lipinski definition) is 2. The summed E-state index contributed by atoms with van der Waals surface area (Å²) in [5.74, 6) is 0.766. The predicted octanol–water partition coefficient (Wildman–Crippen LogP) is 3.50. The van der Waals surface area contributed by atoms with Gasteiger partial charge in [-0.2, -0.15) is 0 Å². The van der Waals surface area contributed by atoms with E-state index in [-0.39, 0.29) is 12.5 Å². The lowest BCUT2D eigenvalue weighted by atomic mass is 9.79. The summed E-state index contributed by atoms with van der Waals surface area (Å²) in [6, 6.07) is 8.71. The zero-order chi connectivity index (χ0) is 13.9. The van der Waals surface area contributed by atoms with Crippen molar-refractivity contribution in [2.45, 2.75) is 44.2 Å². The molecule has 0 radical (unpaired) electrons. The van der Waals surface area contributed by atoms with E-state index in [0.29, 0.717) is 0 Å². The number of para-hydroxylation sites is 1. The van der Waals surface area contributed by atoms with Crippen molar-refractivity contribution in [3.05, 3.63) is 29.8 Å². The summed E-state index contributed by atoms with van der Waals surface area (Å²) in [6.07, 6.45) is 4.62. The summed E-state index contributed by atoms with van der Waals surface area (Å²) in [5, 5.41) is 8.94. The van der Waals surface area contributed by atoms with Crippen LogP contribution in [0, 0.1) is 5.92 Å². The first kappa shape index (κ1) is 13.9. The molecular weight excluding hydrogens is 253 g/mol. The van der Waals surface area contributed by atoms with Crippen LogP contribution in [0.1, 0.15) is 43.6 Å². The third-order valence-corrected chi connectivity index (χ3v) is 5.05. The summed E-state index contributed by atoms with van der Waals surface area (Å²) >= 11 is 0. The van der Waals surface area contributed by atoms with Crippen molar-refractivity contribution < 1.29 is 9.50 Å². The summed E-state index contributed by atoms with van der Waals surface area (Å²) < 4.78 is 13.5. The van der Waals surface area contributed by atoms with Crippen LogP contribution >= 0.6 is 0 Å². The van der Waals surface area contributed by atoms with Crippen LogP contribution in [0.5, 0.6) is 0 Å². The van der Waals surface area contributed by atoms with Crippen molar-refractivity contribution in [1.82, 2.24) is 0 Å². The maximum atomic E-state index is 13.5. The van der Waals surface area contributed by atoms with Gasteiger partial charge < -0.3 is 10.0 Å². The second kappa shape index (κ2) is 6.13. The molecule has 110 valence electrons. The predicted molar refractivity (Wildman–Crippen MR) is 80.0 cm³/mol. The Labute approximate surface area is 120 Å². The van der Waals surface area contributed by atoms with Gasteiger partial charge >= 0.3 is 0 Å². The topological polar surface area (TPSA) is 23.5 Å². The molecule has 1 N–H and O–H groups in total. The molecule has 1 saturated heterocycles. The van der Waals surface area contributed by atoms with Crippen LogP contribution in [0.3, 0.4) is 0 Å². The Hall–Kier alpha value is -1.09. The molecule has 0 unspecified atom stereocenters. The molecule has 1 atom stereocenters. The Bertz CT molecular complexity index is 438. The van der Waals surface area contributed by atoms with Gasteiger partial charge in [-0.05, 0) is 49.1 Å². The second-order valence-corrected chi connectivity index (χ2v) is 6.21. The molecule has 1 aliphatic heterocycles. The fourth-order valence-corrected chi connectivity index (χ4v) is 3.49. The highest BCUT2D eigenvalue weighted by atomic mass is 19.1. The van der Waals surface area contributed by atoms with Crippen molar-refractivity contribution in [1.29, 1.82) is 0 Å². The van der Waals surface area contributed by atoms with E-state index in [9.17, 15) is 4.39 Å². The van der Waals surface area contributed by atoms with E-state index >= 15 is 0 Å². The van der Waals surface area contributed by atoms with Gasteiger partial charge in [0.15, 0.2) is 0 Å². The largest absolute Gasteiger partial charge is 0.393 e. The van der Waals surface area contributed by atoms with Crippen molar-refractivity contribution >= 4 is 5.69 Å². The number of piperidine rings is 1. The molecular formula is C17H24FNO. The highest BCUT2D eigenvalue weighted by molar-refractivity contribution is 5.56. The van der Waals surface area contributed by atoms with E-state index in [2.05, 4.69) is 29.2 Å². The normalized spacial score (nSPS) is 22.6. The fourth-order valence-electron chi connectivity index (χ4n) is 3.49. The Morgan fingerprint density at radius 1 is 1.15 bits per heavy atom. The molecule has 2 nitrogen and oxygen atoms in total. The first-order chi connectivity index (χ1) is 9.79. The SMILES string of the molecule is OC[C@H](F)C1CCN(c2ccccc2C2CCC2)CC1. The number of benzene rings is 1. The van der Waals surface area contributed by atoms with E-state index in [1.165, 1.54) is 30.5 Å². The highest BCUT2D eigenvalue weighted by Gasteiger charge is 2.29. The molecule has 0 amide bonds. The van der Waals surface area contributed by atoms with Crippen molar-refractivity contribution in [2.24, 2.45) is 5.92 Å². The number of hydrogen-bond donors (Lipinski definition) is 1. The number of rotatable bonds is 4. The molecule has 2 fully saturated rings. The van der Waals surface area contributed by atoms with Crippen LogP contribution < -0.4 is 4.90 Å². The van der Waals surface area contributed by atoms with Crippen LogP contribution in [0.25, 0.3) is 0 Å². The summed E-state index contributed by atoms with van der Waals surface area (Å²) in [4.78, 5) is 2.41. The summed E-state index contributed by atoms with van der Waals surface area (Å²) in [6.45, 7) is 1.49. The lowest BCUT2D eigenvalue weighted by Gasteiger charge is -2.38. The first-order valence-corrected chi connectivity index (χ1v) is 7.88. The van der Waals surface area contributed by atoms with Crippen LogP contribution in [-0.4, -0.2) is 31.0 Å². The molecule has 2 aliphatic rings. The third-order valence-electron chi connectivity index (χ3n) is 5.05. The summed E-state index contributed by atoms with van der Waals surface area (Å²) in [5.41, 5.74) is 2.84. The number of halogens is 1. The van der Waals surface area contributed by atoms with Gasteiger partial charge in [-0.1, -0.05) is 24.6 Å². The standard InChI is InChI=1S/C17H24FNO/c18-16(12-20)14-8-10-19(11-9-14)17-7-2-1-6-15(17)13-4-3-5-13/h1-2,6-7,13-14,16,20H,3-5,8-12H2/t16-/m0/s1. The number of anilines is 1. The number of nitrogens with zero attached hydrogens (tertiary/aromatic N) is 1. The second-order valence-electron chi connectivity index (χ2n) is 6.21. The van der Waals surface area contributed by atoms with E-state index in [4.69, 9.17) is 5.11 Å². The first-order valence-electron chi connectivity index (χ1n) is 7.88. The molecule has 3 heteroatoms. The molecule has 1 aromatic rings. The smallest absolute Gasteiger partial charge is 0.126 e. The van der Waals surface area contributed by atoms with Crippen LogP contribution in [0.15, 0.2) is 24.3 Å². The molecule has 0 spiro atoms. The minimum absolute atomic E-state index is 0.0344. The average Bonchev–Trinajstić information content (AvgIpc) is 2.45. The number of aliphatic hydroxyl groups is 1. The lowest BCUT2D eigenvalue weighted by Crippen LogP contribution is -2.38. The van der Waals surface area contributed by atoms with E-state index < -0.39 is 6.17 Å². The quantitative estimate of drug-likeness (QED) is 0.910. The molecule has 3 rings (SSSR count). The molecule has 1 aromatic carbocycles. The van der Waals surface area contributed by atoms with Gasteiger partial charge in [-0.3, -0.25) is 0 Å². The Balaban J connectivity index is 1.69. The molecule has 0 aromatic heterocycles. The van der Waals surface area contributed by atoms with E-state index in [1.54, 1.807) is 0 Å². The number of alkyl halides is 1. The summed E-state index contributed by atoms with van der Waals surface area (Å²) in [7, 11) is 0. The minimum Gasteiger partial charge on any atom is -0.393 e. The monoisotopic (exact) mass is 277 g/mol. The molecule has 0 bridgehead atoms. The van der Waals surface area contributed by atoms with E-state index in [1.807, 2.05) is 0 Å². The van der Waals surface area contributed by atoms with Crippen molar-refractivity contribution in [3.63, 3.8) is 0 Å². The van der Waals surface area contributed by atoms with Gasteiger partial charge in [0.2, 0.25) is 0 Å². The van der Waals surface area contributed by atoms with Gasteiger partial charge in [0.05, 0.1) is 6.61 Å². The fraction of sp³-hybridized carbons (Fsp3) is 0.647. The zero-order valence-corrected chi connectivity index (χ0v) is 12.0. The van der Waals surface area contributed by atoms with Crippen LogP contribution in [0.4, 0.5) is 10.1 Å².